The largest absolute Gasteiger partial charge is 0.343 e. The van der Waals surface area contributed by atoms with Crippen molar-refractivity contribution >= 4 is 28.3 Å². The van der Waals surface area contributed by atoms with E-state index in [1.54, 1.807) is 13.0 Å². The third-order valence-electron chi connectivity index (χ3n) is 5.10. The molecule has 0 bridgehead atoms. The Kier molecular flexibility index (Phi) is 4.72. The first-order valence-electron chi connectivity index (χ1n) is 9.22. The molecule has 29 heavy (non-hydrogen) atoms. The van der Waals surface area contributed by atoms with E-state index in [1.165, 1.54) is 12.1 Å². The third-order valence-corrected chi connectivity index (χ3v) is 5.10. The molecule has 3 aromatic carbocycles. The summed E-state index contributed by atoms with van der Waals surface area (Å²) in [5.41, 5.74) is 3.26. The van der Waals surface area contributed by atoms with Crippen molar-refractivity contribution in [2.75, 3.05) is 5.32 Å². The smallest absolute Gasteiger partial charge is 0.296 e. The Bertz CT molecular complexity index is 1240. The van der Waals surface area contributed by atoms with E-state index in [1.807, 2.05) is 66.2 Å². The molecule has 0 radical (unpaired) electrons. The third kappa shape index (κ3) is 3.21. The SMILES string of the molecule is Cc1c(F)cccc1NC(=O)C(=O)c1c(-c2ccccc2)n(C)c2ccccc12. The van der Waals surface area contributed by atoms with Crippen LogP contribution in [0, 0.1) is 12.7 Å². The van der Waals surface area contributed by atoms with Crippen molar-refractivity contribution in [3.05, 3.63) is 89.7 Å². The van der Waals surface area contributed by atoms with Gasteiger partial charge in [-0.2, -0.15) is 0 Å². The van der Waals surface area contributed by atoms with Crippen molar-refractivity contribution in [3.8, 4) is 11.3 Å². The molecule has 0 aliphatic heterocycles. The number of ketones is 1. The first-order chi connectivity index (χ1) is 14.0. The summed E-state index contributed by atoms with van der Waals surface area (Å²) < 4.78 is 15.7. The van der Waals surface area contributed by atoms with Crippen molar-refractivity contribution in [1.29, 1.82) is 0 Å². The van der Waals surface area contributed by atoms with Crippen molar-refractivity contribution in [3.63, 3.8) is 0 Å². The van der Waals surface area contributed by atoms with Crippen molar-refractivity contribution < 1.29 is 14.0 Å². The monoisotopic (exact) mass is 386 g/mol. The van der Waals surface area contributed by atoms with Crippen LogP contribution < -0.4 is 5.32 Å². The molecule has 0 fully saturated rings. The zero-order chi connectivity index (χ0) is 20.5. The van der Waals surface area contributed by atoms with Crippen LogP contribution in [0.3, 0.4) is 0 Å². The first-order valence-corrected chi connectivity index (χ1v) is 9.22. The van der Waals surface area contributed by atoms with Crippen LogP contribution in [0.5, 0.6) is 0 Å². The Labute approximate surface area is 167 Å². The van der Waals surface area contributed by atoms with Gasteiger partial charge in [0, 0.05) is 29.2 Å². The lowest BCUT2D eigenvalue weighted by Gasteiger charge is -2.10. The molecule has 144 valence electrons. The maximum atomic E-state index is 13.8. The van der Waals surface area contributed by atoms with Gasteiger partial charge in [-0.05, 0) is 30.7 Å². The zero-order valence-electron chi connectivity index (χ0n) is 16.1. The summed E-state index contributed by atoms with van der Waals surface area (Å²) >= 11 is 0. The van der Waals surface area contributed by atoms with E-state index < -0.39 is 17.5 Å². The minimum Gasteiger partial charge on any atom is -0.343 e. The molecule has 1 aromatic heterocycles. The van der Waals surface area contributed by atoms with Crippen LogP contribution in [-0.2, 0) is 11.8 Å². The van der Waals surface area contributed by atoms with Crippen LogP contribution in [0.1, 0.15) is 15.9 Å². The van der Waals surface area contributed by atoms with Gasteiger partial charge in [0.05, 0.1) is 11.3 Å². The minimum absolute atomic E-state index is 0.282. The second kappa shape index (κ2) is 7.36. The van der Waals surface area contributed by atoms with Gasteiger partial charge in [-0.3, -0.25) is 9.59 Å². The number of fused-ring (bicyclic) bond motifs is 1. The highest BCUT2D eigenvalue weighted by atomic mass is 19.1. The number of hydrogen-bond donors (Lipinski definition) is 1. The molecular formula is C24H19FN2O2. The van der Waals surface area contributed by atoms with Crippen LogP contribution in [0.2, 0.25) is 0 Å². The molecule has 0 atom stereocenters. The second-order valence-corrected chi connectivity index (χ2v) is 6.86. The molecule has 0 aliphatic rings. The van der Waals surface area contributed by atoms with Gasteiger partial charge in [-0.15, -0.1) is 0 Å². The zero-order valence-corrected chi connectivity index (χ0v) is 16.1. The Morgan fingerprint density at radius 3 is 2.34 bits per heavy atom. The van der Waals surface area contributed by atoms with Gasteiger partial charge in [0.15, 0.2) is 0 Å². The summed E-state index contributed by atoms with van der Waals surface area (Å²) in [4.78, 5) is 26.1. The van der Waals surface area contributed by atoms with E-state index >= 15 is 0 Å². The fourth-order valence-electron chi connectivity index (χ4n) is 3.59. The number of Topliss-reactive ketones (excluding diaryl/α,β-unsaturated/α-hetero) is 1. The number of halogens is 1. The standard InChI is InChI=1S/C24H19FN2O2/c1-15-18(25)12-8-13-19(15)26-24(29)23(28)21-17-11-6-7-14-20(17)27(2)22(21)16-9-4-3-5-10-16/h3-14H,1-2H3,(H,26,29). The molecule has 5 heteroatoms. The highest BCUT2D eigenvalue weighted by Crippen LogP contribution is 2.33. The second-order valence-electron chi connectivity index (χ2n) is 6.86. The van der Waals surface area contributed by atoms with Gasteiger partial charge in [-0.25, -0.2) is 4.39 Å². The number of carbonyl (C=O) groups excluding carboxylic acids is 2. The molecule has 4 aromatic rings. The quantitative estimate of drug-likeness (QED) is 0.391. The number of anilines is 1. The van der Waals surface area contributed by atoms with E-state index in [2.05, 4.69) is 5.32 Å². The van der Waals surface area contributed by atoms with E-state index in [0.29, 0.717) is 16.6 Å². The number of benzene rings is 3. The summed E-state index contributed by atoms with van der Waals surface area (Å²) in [6, 6.07) is 21.3. The number of carbonyl (C=O) groups is 2. The fraction of sp³-hybridized carbons (Fsp3) is 0.0833. The van der Waals surface area contributed by atoms with Crippen molar-refractivity contribution in [2.45, 2.75) is 6.92 Å². The van der Waals surface area contributed by atoms with Crippen LogP contribution in [-0.4, -0.2) is 16.3 Å². The highest BCUT2D eigenvalue weighted by Gasteiger charge is 2.27. The topological polar surface area (TPSA) is 51.1 Å². The van der Waals surface area contributed by atoms with Gasteiger partial charge in [0.1, 0.15) is 5.82 Å². The number of hydrogen-bond acceptors (Lipinski definition) is 2. The summed E-state index contributed by atoms with van der Waals surface area (Å²) in [6.45, 7) is 1.56. The van der Waals surface area contributed by atoms with Gasteiger partial charge in [0.25, 0.3) is 11.7 Å². The molecule has 1 N–H and O–H groups in total. The Hall–Kier alpha value is -3.73. The van der Waals surface area contributed by atoms with Gasteiger partial charge in [-0.1, -0.05) is 54.6 Å². The normalized spacial score (nSPS) is 10.9. The predicted molar refractivity (Wildman–Crippen MR) is 112 cm³/mol. The minimum atomic E-state index is -0.799. The Balaban J connectivity index is 1.83. The predicted octanol–water partition coefficient (Wildman–Crippen LogP) is 5.11. The van der Waals surface area contributed by atoms with E-state index in [0.717, 1.165) is 11.1 Å². The van der Waals surface area contributed by atoms with Crippen LogP contribution in [0.15, 0.2) is 72.8 Å². The summed E-state index contributed by atoms with van der Waals surface area (Å²) in [6.07, 6.45) is 0. The average Bonchev–Trinajstić information content (AvgIpc) is 3.04. The summed E-state index contributed by atoms with van der Waals surface area (Å²) in [5, 5.41) is 3.26. The van der Waals surface area contributed by atoms with Gasteiger partial charge in [0.2, 0.25) is 0 Å². The number of para-hydroxylation sites is 1. The lowest BCUT2D eigenvalue weighted by atomic mass is 10.0. The molecule has 0 unspecified atom stereocenters. The summed E-state index contributed by atoms with van der Waals surface area (Å²) in [5.74, 6) is -1.90. The van der Waals surface area contributed by atoms with Gasteiger partial charge >= 0.3 is 0 Å². The van der Waals surface area contributed by atoms with Crippen LogP contribution in [0.4, 0.5) is 10.1 Å². The number of rotatable bonds is 4. The number of nitrogens with one attached hydrogen (secondary N) is 1. The lowest BCUT2D eigenvalue weighted by molar-refractivity contribution is -0.112. The lowest BCUT2D eigenvalue weighted by Crippen LogP contribution is -2.24. The number of aryl methyl sites for hydroxylation is 1. The molecular weight excluding hydrogens is 367 g/mol. The Morgan fingerprint density at radius 2 is 1.59 bits per heavy atom. The molecule has 1 amide bonds. The number of amides is 1. The van der Waals surface area contributed by atoms with Crippen molar-refractivity contribution in [2.24, 2.45) is 7.05 Å². The van der Waals surface area contributed by atoms with Crippen LogP contribution in [0.25, 0.3) is 22.2 Å². The molecule has 0 aliphatic carbocycles. The fourth-order valence-corrected chi connectivity index (χ4v) is 3.59. The average molecular weight is 386 g/mol. The maximum absolute atomic E-state index is 13.8. The van der Waals surface area contributed by atoms with Crippen molar-refractivity contribution in [1.82, 2.24) is 4.57 Å². The highest BCUT2D eigenvalue weighted by molar-refractivity contribution is 6.49. The number of nitrogens with zero attached hydrogens (tertiary/aromatic N) is 1. The molecule has 0 saturated carbocycles. The molecule has 1 heterocycles. The van der Waals surface area contributed by atoms with Crippen LogP contribution >= 0.6 is 0 Å². The molecule has 4 rings (SSSR count). The maximum Gasteiger partial charge on any atom is 0.296 e. The molecule has 4 nitrogen and oxygen atoms in total. The first kappa shape index (κ1) is 18.6. The van der Waals surface area contributed by atoms with E-state index in [4.69, 9.17) is 0 Å². The Morgan fingerprint density at radius 1 is 0.897 bits per heavy atom. The molecule has 0 saturated heterocycles. The molecule has 0 spiro atoms. The van der Waals surface area contributed by atoms with Gasteiger partial charge < -0.3 is 9.88 Å². The van der Waals surface area contributed by atoms with E-state index in [-0.39, 0.29) is 11.3 Å². The number of aromatic nitrogens is 1. The summed E-state index contributed by atoms with van der Waals surface area (Å²) in [7, 11) is 1.87. The van der Waals surface area contributed by atoms with E-state index in [9.17, 15) is 14.0 Å².